The second kappa shape index (κ2) is 3.77. The molecule has 4 nitrogen and oxygen atoms in total. The van der Waals surface area contributed by atoms with E-state index >= 15 is 0 Å². The van der Waals surface area contributed by atoms with Crippen molar-refractivity contribution in [2.75, 3.05) is 39.5 Å². The number of morpholine rings is 1. The predicted molar refractivity (Wildman–Crippen MR) is 50.3 cm³/mol. The van der Waals surface area contributed by atoms with Gasteiger partial charge in [-0.3, -0.25) is 4.90 Å². The summed E-state index contributed by atoms with van der Waals surface area (Å²) in [5.74, 6) is 0. The molecule has 14 heavy (non-hydrogen) atoms. The van der Waals surface area contributed by atoms with Gasteiger partial charge in [0.1, 0.15) is 0 Å². The van der Waals surface area contributed by atoms with Gasteiger partial charge in [-0.2, -0.15) is 0 Å². The van der Waals surface area contributed by atoms with Gasteiger partial charge >= 0.3 is 0 Å². The molecular weight excluding hydrogens is 182 g/mol. The highest BCUT2D eigenvalue weighted by Gasteiger charge is 2.34. The molecule has 0 N–H and O–H groups in total. The molecule has 0 aromatic carbocycles. The van der Waals surface area contributed by atoms with Crippen molar-refractivity contribution in [2.24, 2.45) is 0 Å². The van der Waals surface area contributed by atoms with Gasteiger partial charge in [0, 0.05) is 19.1 Å². The smallest absolute Gasteiger partial charge is 0.0936 e. The Bertz CT molecular complexity index is 182. The quantitative estimate of drug-likeness (QED) is 0.591. The Kier molecular flexibility index (Phi) is 2.45. The second-order valence-electron chi connectivity index (χ2n) is 4.37. The number of epoxide rings is 2. The third-order valence-electron chi connectivity index (χ3n) is 3.13. The van der Waals surface area contributed by atoms with Crippen LogP contribution in [0, 0.1) is 0 Å². The van der Waals surface area contributed by atoms with Crippen LogP contribution < -0.4 is 0 Å². The molecule has 3 aliphatic heterocycles. The Morgan fingerprint density at radius 1 is 1.07 bits per heavy atom. The highest BCUT2D eigenvalue weighted by molar-refractivity contribution is 4.85. The van der Waals surface area contributed by atoms with Crippen LogP contribution in [0.15, 0.2) is 0 Å². The molecule has 0 aromatic rings. The first-order chi connectivity index (χ1) is 6.92. The number of hydrogen-bond acceptors (Lipinski definition) is 4. The van der Waals surface area contributed by atoms with E-state index in [4.69, 9.17) is 14.2 Å². The lowest BCUT2D eigenvalue weighted by Gasteiger charge is -2.34. The molecule has 3 saturated heterocycles. The summed E-state index contributed by atoms with van der Waals surface area (Å²) < 4.78 is 16.0. The van der Waals surface area contributed by atoms with Crippen molar-refractivity contribution in [1.29, 1.82) is 0 Å². The molecule has 4 heteroatoms. The zero-order chi connectivity index (χ0) is 9.38. The van der Waals surface area contributed by atoms with Crippen LogP contribution in [0.25, 0.3) is 0 Å². The zero-order valence-electron chi connectivity index (χ0n) is 8.35. The van der Waals surface area contributed by atoms with Crippen molar-refractivity contribution >= 4 is 0 Å². The highest BCUT2D eigenvalue weighted by atomic mass is 16.6. The van der Waals surface area contributed by atoms with Crippen molar-refractivity contribution in [2.45, 2.75) is 24.7 Å². The van der Waals surface area contributed by atoms with Crippen molar-refractivity contribution in [1.82, 2.24) is 4.90 Å². The first-order valence-corrected chi connectivity index (χ1v) is 5.47. The van der Waals surface area contributed by atoms with Crippen LogP contribution in [0.4, 0.5) is 0 Å². The van der Waals surface area contributed by atoms with Gasteiger partial charge in [-0.1, -0.05) is 0 Å². The van der Waals surface area contributed by atoms with Gasteiger partial charge in [-0.25, -0.2) is 0 Å². The zero-order valence-corrected chi connectivity index (χ0v) is 8.35. The van der Waals surface area contributed by atoms with E-state index in [1.54, 1.807) is 0 Å². The average molecular weight is 199 g/mol. The predicted octanol–water partition coefficient (Wildman–Crippen LogP) is -0.125. The molecule has 3 fully saturated rings. The molecule has 0 saturated carbocycles. The normalized spacial score (nSPS) is 42.4. The van der Waals surface area contributed by atoms with E-state index in [0.29, 0.717) is 18.2 Å². The van der Waals surface area contributed by atoms with Crippen LogP contribution in [0.5, 0.6) is 0 Å². The minimum Gasteiger partial charge on any atom is -0.378 e. The van der Waals surface area contributed by atoms with Crippen LogP contribution >= 0.6 is 0 Å². The van der Waals surface area contributed by atoms with Crippen molar-refractivity contribution in [3.8, 4) is 0 Å². The fourth-order valence-electron chi connectivity index (χ4n) is 2.09. The van der Waals surface area contributed by atoms with E-state index < -0.39 is 0 Å². The summed E-state index contributed by atoms with van der Waals surface area (Å²) in [4.78, 5) is 2.50. The molecule has 80 valence electrons. The molecule has 0 bridgehead atoms. The Balaban J connectivity index is 1.52. The molecule has 0 radical (unpaired) electrons. The summed E-state index contributed by atoms with van der Waals surface area (Å²) in [7, 11) is 0. The van der Waals surface area contributed by atoms with Crippen molar-refractivity contribution in [3.05, 3.63) is 0 Å². The van der Waals surface area contributed by atoms with Crippen molar-refractivity contribution < 1.29 is 14.2 Å². The van der Waals surface area contributed by atoms with Crippen LogP contribution in [-0.4, -0.2) is 62.7 Å². The molecule has 0 spiro atoms. The summed E-state index contributed by atoms with van der Waals surface area (Å²) in [6, 6.07) is 0.556. The standard InChI is InChI=1S/C10H17NO3/c1-2-12-5-8(3-9-6-13-9)11(1)4-10-7-14-10/h8-10H,1-7H2/t8-,9?,10?/m0/s1. The summed E-state index contributed by atoms with van der Waals surface area (Å²) in [5, 5.41) is 0. The van der Waals surface area contributed by atoms with Crippen LogP contribution in [0.1, 0.15) is 6.42 Å². The Labute approximate surface area is 84.1 Å². The third-order valence-corrected chi connectivity index (χ3v) is 3.13. The topological polar surface area (TPSA) is 37.5 Å². The van der Waals surface area contributed by atoms with Crippen LogP contribution in [0.3, 0.4) is 0 Å². The molecule has 3 aliphatic rings. The SMILES string of the molecule is C1CN(CC2CO2)[C@@H](CC2CO2)CO1. The lowest BCUT2D eigenvalue weighted by atomic mass is 10.1. The van der Waals surface area contributed by atoms with Crippen LogP contribution in [0.2, 0.25) is 0 Å². The molecule has 3 heterocycles. The molecule has 0 aliphatic carbocycles. The maximum atomic E-state index is 5.50. The number of hydrogen-bond donors (Lipinski definition) is 0. The monoisotopic (exact) mass is 199 g/mol. The molecule has 3 atom stereocenters. The molecule has 2 unspecified atom stereocenters. The van der Waals surface area contributed by atoms with Gasteiger partial charge in [0.2, 0.25) is 0 Å². The molecule has 0 aromatic heterocycles. The minimum atomic E-state index is 0.496. The number of ether oxygens (including phenoxy) is 3. The Morgan fingerprint density at radius 3 is 2.57 bits per heavy atom. The maximum absolute atomic E-state index is 5.50. The van der Waals surface area contributed by atoms with E-state index in [-0.39, 0.29) is 0 Å². The van der Waals surface area contributed by atoms with Gasteiger partial charge in [0.05, 0.1) is 38.6 Å². The largest absolute Gasteiger partial charge is 0.378 e. The van der Waals surface area contributed by atoms with Crippen LogP contribution in [-0.2, 0) is 14.2 Å². The highest BCUT2D eigenvalue weighted by Crippen LogP contribution is 2.23. The summed E-state index contributed by atoms with van der Waals surface area (Å²) in [6.07, 6.45) is 2.13. The van der Waals surface area contributed by atoms with Gasteiger partial charge in [-0.15, -0.1) is 0 Å². The summed E-state index contributed by atoms with van der Waals surface area (Å²) in [6.45, 7) is 5.77. The Hall–Kier alpha value is -0.160. The molecule has 3 rings (SSSR count). The lowest BCUT2D eigenvalue weighted by Crippen LogP contribution is -2.47. The first kappa shape index (κ1) is 9.09. The minimum absolute atomic E-state index is 0.496. The molecular formula is C10H17NO3. The third kappa shape index (κ3) is 2.25. The summed E-state index contributed by atoms with van der Waals surface area (Å²) in [5.41, 5.74) is 0. The number of rotatable bonds is 4. The average Bonchev–Trinajstić information content (AvgIpc) is 3.01. The van der Waals surface area contributed by atoms with E-state index in [0.717, 1.165) is 45.9 Å². The Morgan fingerprint density at radius 2 is 1.86 bits per heavy atom. The fraction of sp³-hybridized carbons (Fsp3) is 1.00. The van der Waals surface area contributed by atoms with E-state index in [9.17, 15) is 0 Å². The maximum Gasteiger partial charge on any atom is 0.0936 e. The van der Waals surface area contributed by atoms with Gasteiger partial charge in [0.25, 0.3) is 0 Å². The van der Waals surface area contributed by atoms with Crippen molar-refractivity contribution in [3.63, 3.8) is 0 Å². The first-order valence-electron chi connectivity index (χ1n) is 5.47. The second-order valence-corrected chi connectivity index (χ2v) is 4.37. The summed E-state index contributed by atoms with van der Waals surface area (Å²) >= 11 is 0. The molecule has 0 amide bonds. The van der Waals surface area contributed by atoms with Gasteiger partial charge in [-0.05, 0) is 6.42 Å². The van der Waals surface area contributed by atoms with E-state index in [2.05, 4.69) is 4.90 Å². The number of nitrogens with zero attached hydrogens (tertiary/aromatic N) is 1. The van der Waals surface area contributed by atoms with E-state index in [1.165, 1.54) is 0 Å². The van der Waals surface area contributed by atoms with Gasteiger partial charge in [0.15, 0.2) is 0 Å². The lowest BCUT2D eigenvalue weighted by molar-refractivity contribution is -0.0151. The van der Waals surface area contributed by atoms with Gasteiger partial charge < -0.3 is 14.2 Å². The van der Waals surface area contributed by atoms with E-state index in [1.807, 2.05) is 0 Å². The fourth-order valence-corrected chi connectivity index (χ4v) is 2.09.